The molecule has 3 N–H and O–H groups in total. The zero-order valence-electron chi connectivity index (χ0n) is 11.9. The number of anilines is 1. The molecule has 1 amide bonds. The van der Waals surface area contributed by atoms with Gasteiger partial charge in [-0.1, -0.05) is 29.8 Å². The number of carbonyl (C=O) groups excluding carboxylic acids is 1. The zero-order valence-corrected chi connectivity index (χ0v) is 12.6. The molecule has 0 saturated heterocycles. The monoisotopic (exact) mass is 304 g/mol. The largest absolute Gasteiger partial charge is 0.496 e. The second-order valence-corrected chi connectivity index (χ2v) is 5.11. The number of hydrogen-bond acceptors (Lipinski definition) is 3. The van der Waals surface area contributed by atoms with Gasteiger partial charge in [-0.25, -0.2) is 0 Å². The number of hydrogen-bond donors (Lipinski definition) is 2. The highest BCUT2D eigenvalue weighted by Crippen LogP contribution is 2.25. The molecule has 21 heavy (non-hydrogen) atoms. The van der Waals surface area contributed by atoms with Gasteiger partial charge in [0.15, 0.2) is 0 Å². The molecule has 0 saturated carbocycles. The molecule has 2 aromatic rings. The lowest BCUT2D eigenvalue weighted by molar-refractivity contribution is 0.0940. The summed E-state index contributed by atoms with van der Waals surface area (Å²) >= 11 is 5.91. The standard InChI is InChI=1S/C16H17ClN2O2/c1-10(12-5-3-4-6-15(12)21-2)19-16(20)13-9-11(17)7-8-14(13)18/h3-10H,18H2,1-2H3,(H,19,20). The Morgan fingerprint density at radius 1 is 1.29 bits per heavy atom. The summed E-state index contributed by atoms with van der Waals surface area (Å²) in [7, 11) is 1.60. The molecule has 110 valence electrons. The van der Waals surface area contributed by atoms with Gasteiger partial charge in [0.2, 0.25) is 0 Å². The number of nitrogens with one attached hydrogen (secondary N) is 1. The number of nitrogens with two attached hydrogens (primary N) is 1. The number of halogens is 1. The van der Waals surface area contributed by atoms with Gasteiger partial charge in [-0.3, -0.25) is 4.79 Å². The number of nitrogen functional groups attached to an aromatic ring is 1. The Morgan fingerprint density at radius 3 is 2.71 bits per heavy atom. The van der Waals surface area contributed by atoms with Gasteiger partial charge < -0.3 is 15.8 Å². The normalized spacial score (nSPS) is 11.8. The van der Waals surface area contributed by atoms with E-state index in [-0.39, 0.29) is 11.9 Å². The van der Waals surface area contributed by atoms with Crippen molar-refractivity contribution in [2.45, 2.75) is 13.0 Å². The molecule has 1 unspecified atom stereocenters. The summed E-state index contributed by atoms with van der Waals surface area (Å²) in [5.74, 6) is 0.456. The Labute approximate surface area is 128 Å². The van der Waals surface area contributed by atoms with Gasteiger partial charge >= 0.3 is 0 Å². The highest BCUT2D eigenvalue weighted by molar-refractivity contribution is 6.31. The maximum atomic E-state index is 12.3. The van der Waals surface area contributed by atoms with Crippen molar-refractivity contribution in [1.82, 2.24) is 5.32 Å². The molecule has 0 aliphatic carbocycles. The van der Waals surface area contributed by atoms with E-state index >= 15 is 0 Å². The van der Waals surface area contributed by atoms with Crippen molar-refractivity contribution < 1.29 is 9.53 Å². The number of methoxy groups -OCH3 is 1. The molecular weight excluding hydrogens is 288 g/mol. The molecule has 0 bridgehead atoms. The van der Waals surface area contributed by atoms with E-state index in [4.69, 9.17) is 22.1 Å². The van der Waals surface area contributed by atoms with Crippen molar-refractivity contribution in [3.05, 3.63) is 58.6 Å². The van der Waals surface area contributed by atoms with Crippen molar-refractivity contribution in [3.8, 4) is 5.75 Å². The number of benzene rings is 2. The van der Waals surface area contributed by atoms with Crippen molar-refractivity contribution >= 4 is 23.2 Å². The smallest absolute Gasteiger partial charge is 0.253 e. The maximum absolute atomic E-state index is 12.3. The number of rotatable bonds is 4. The number of carbonyl (C=O) groups is 1. The second kappa shape index (κ2) is 6.50. The topological polar surface area (TPSA) is 64.3 Å². The molecule has 2 rings (SSSR count). The van der Waals surface area contributed by atoms with Crippen LogP contribution in [0.3, 0.4) is 0 Å². The predicted octanol–water partition coefficient (Wildman–Crippen LogP) is 3.42. The molecule has 0 spiro atoms. The van der Waals surface area contributed by atoms with Crippen LogP contribution in [0.4, 0.5) is 5.69 Å². The number of amides is 1. The average Bonchev–Trinajstić information content (AvgIpc) is 2.49. The molecule has 1 atom stereocenters. The van der Waals surface area contributed by atoms with E-state index in [0.717, 1.165) is 11.3 Å². The highest BCUT2D eigenvalue weighted by atomic mass is 35.5. The van der Waals surface area contributed by atoms with Crippen LogP contribution < -0.4 is 15.8 Å². The van der Waals surface area contributed by atoms with Crippen LogP contribution in [0.1, 0.15) is 28.9 Å². The van der Waals surface area contributed by atoms with E-state index in [2.05, 4.69) is 5.32 Å². The molecule has 0 heterocycles. The summed E-state index contributed by atoms with van der Waals surface area (Å²) in [4.78, 5) is 12.3. The fourth-order valence-electron chi connectivity index (χ4n) is 2.10. The van der Waals surface area contributed by atoms with Crippen LogP contribution >= 0.6 is 11.6 Å². The third-order valence-corrected chi connectivity index (χ3v) is 3.45. The lowest BCUT2D eigenvalue weighted by Gasteiger charge is -2.17. The summed E-state index contributed by atoms with van der Waals surface area (Å²) in [6, 6.07) is 12.1. The third-order valence-electron chi connectivity index (χ3n) is 3.21. The Balaban J connectivity index is 2.21. The minimum Gasteiger partial charge on any atom is -0.496 e. The lowest BCUT2D eigenvalue weighted by atomic mass is 10.1. The zero-order chi connectivity index (χ0) is 15.4. The molecule has 4 nitrogen and oxygen atoms in total. The molecule has 0 aromatic heterocycles. The van der Waals surface area contributed by atoms with Crippen LogP contribution in [-0.4, -0.2) is 13.0 Å². The average molecular weight is 305 g/mol. The van der Waals surface area contributed by atoms with Gasteiger partial charge in [0, 0.05) is 16.3 Å². The van der Waals surface area contributed by atoms with Gasteiger partial charge in [-0.15, -0.1) is 0 Å². The lowest BCUT2D eigenvalue weighted by Crippen LogP contribution is -2.27. The summed E-state index contributed by atoms with van der Waals surface area (Å²) < 4.78 is 5.30. The van der Waals surface area contributed by atoms with Crippen LogP contribution in [0.2, 0.25) is 5.02 Å². The van der Waals surface area contributed by atoms with Gasteiger partial charge in [0.05, 0.1) is 18.7 Å². The summed E-state index contributed by atoms with van der Waals surface area (Å²) in [6.45, 7) is 1.89. The quantitative estimate of drug-likeness (QED) is 0.851. The molecule has 2 aromatic carbocycles. The number of ether oxygens (including phenoxy) is 1. The summed E-state index contributed by atoms with van der Waals surface area (Å²) in [6.07, 6.45) is 0. The van der Waals surface area contributed by atoms with Gasteiger partial charge in [-0.05, 0) is 31.2 Å². The van der Waals surface area contributed by atoms with Gasteiger partial charge in [-0.2, -0.15) is 0 Å². The van der Waals surface area contributed by atoms with Crippen molar-refractivity contribution in [2.24, 2.45) is 0 Å². The van der Waals surface area contributed by atoms with Crippen LogP contribution in [0.15, 0.2) is 42.5 Å². The molecule has 5 heteroatoms. The first-order valence-corrected chi connectivity index (χ1v) is 6.89. The van der Waals surface area contributed by atoms with E-state index in [9.17, 15) is 4.79 Å². The van der Waals surface area contributed by atoms with Gasteiger partial charge in [0.25, 0.3) is 5.91 Å². The molecular formula is C16H17ClN2O2. The summed E-state index contributed by atoms with van der Waals surface area (Å²) in [5, 5.41) is 3.37. The van der Waals surface area contributed by atoms with E-state index < -0.39 is 0 Å². The Bertz CT molecular complexity index is 658. The Kier molecular flexibility index (Phi) is 4.70. The van der Waals surface area contributed by atoms with Crippen molar-refractivity contribution in [3.63, 3.8) is 0 Å². The second-order valence-electron chi connectivity index (χ2n) is 4.67. The Hall–Kier alpha value is -2.20. The highest BCUT2D eigenvalue weighted by Gasteiger charge is 2.16. The van der Waals surface area contributed by atoms with Crippen molar-refractivity contribution in [2.75, 3.05) is 12.8 Å². The van der Waals surface area contributed by atoms with Crippen LogP contribution in [0.25, 0.3) is 0 Å². The maximum Gasteiger partial charge on any atom is 0.253 e. The SMILES string of the molecule is COc1ccccc1C(C)NC(=O)c1cc(Cl)ccc1N. The third kappa shape index (κ3) is 3.47. The fraction of sp³-hybridized carbons (Fsp3) is 0.188. The fourth-order valence-corrected chi connectivity index (χ4v) is 2.27. The summed E-state index contributed by atoms with van der Waals surface area (Å²) in [5.41, 5.74) is 7.47. The van der Waals surface area contributed by atoms with Crippen LogP contribution in [-0.2, 0) is 0 Å². The molecule has 0 aliphatic rings. The van der Waals surface area contributed by atoms with E-state index in [0.29, 0.717) is 16.3 Å². The van der Waals surface area contributed by atoms with Crippen molar-refractivity contribution in [1.29, 1.82) is 0 Å². The first-order valence-electron chi connectivity index (χ1n) is 6.51. The molecule has 0 aliphatic heterocycles. The first-order chi connectivity index (χ1) is 10.0. The first kappa shape index (κ1) is 15.2. The molecule has 0 radical (unpaired) electrons. The minimum atomic E-state index is -0.270. The van der Waals surface area contributed by atoms with Crippen LogP contribution in [0.5, 0.6) is 5.75 Å². The molecule has 0 fully saturated rings. The van der Waals surface area contributed by atoms with Gasteiger partial charge in [0.1, 0.15) is 5.75 Å². The number of para-hydroxylation sites is 1. The van der Waals surface area contributed by atoms with Crippen LogP contribution in [0, 0.1) is 0 Å². The van der Waals surface area contributed by atoms with E-state index in [1.165, 1.54) is 0 Å². The Morgan fingerprint density at radius 2 is 2.00 bits per heavy atom. The predicted molar refractivity (Wildman–Crippen MR) is 84.7 cm³/mol. The minimum absolute atomic E-state index is 0.216. The van der Waals surface area contributed by atoms with E-state index in [1.807, 2.05) is 31.2 Å². The van der Waals surface area contributed by atoms with E-state index in [1.54, 1.807) is 25.3 Å².